The average molecular weight is 264 g/mol. The quantitative estimate of drug-likeness (QED) is 0.901. The van der Waals surface area contributed by atoms with Crippen LogP contribution in [0.3, 0.4) is 0 Å². The van der Waals surface area contributed by atoms with Crippen LogP contribution in [0.25, 0.3) is 0 Å². The lowest BCUT2D eigenvalue weighted by Gasteiger charge is -2.09. The Morgan fingerprint density at radius 2 is 1.94 bits per heavy atom. The molecule has 18 heavy (non-hydrogen) atoms. The molecule has 96 valence electrons. The maximum Gasteiger partial charge on any atom is 0.180 e. The van der Waals surface area contributed by atoms with Crippen molar-refractivity contribution >= 4 is 16.5 Å². The van der Waals surface area contributed by atoms with Crippen molar-refractivity contribution < 1.29 is 9.47 Å². The molecule has 1 aromatic heterocycles. The van der Waals surface area contributed by atoms with Crippen LogP contribution in [0.4, 0.5) is 5.13 Å². The molecule has 2 N–H and O–H groups in total. The Kier molecular flexibility index (Phi) is 4.04. The van der Waals surface area contributed by atoms with E-state index in [-0.39, 0.29) is 0 Å². The number of aromatic nitrogens is 1. The van der Waals surface area contributed by atoms with Gasteiger partial charge in [-0.1, -0.05) is 6.07 Å². The summed E-state index contributed by atoms with van der Waals surface area (Å²) in [5, 5.41) is 2.62. The number of nitrogens with zero attached hydrogens (tertiary/aromatic N) is 1. The lowest BCUT2D eigenvalue weighted by atomic mass is 10.1. The summed E-state index contributed by atoms with van der Waals surface area (Å²) in [7, 11) is 3.28. The van der Waals surface area contributed by atoms with E-state index in [1.54, 1.807) is 14.2 Å². The van der Waals surface area contributed by atoms with Crippen LogP contribution in [0.5, 0.6) is 11.5 Å². The van der Waals surface area contributed by atoms with Gasteiger partial charge in [-0.3, -0.25) is 0 Å². The average Bonchev–Trinajstić information content (AvgIpc) is 2.81. The first-order chi connectivity index (χ1) is 8.72. The van der Waals surface area contributed by atoms with Crippen LogP contribution in [0.1, 0.15) is 11.3 Å². The molecule has 4 nitrogen and oxygen atoms in total. The van der Waals surface area contributed by atoms with Crippen molar-refractivity contribution in [1.82, 2.24) is 4.98 Å². The molecule has 0 saturated carbocycles. The smallest absolute Gasteiger partial charge is 0.180 e. The minimum atomic E-state index is 0.623. The van der Waals surface area contributed by atoms with Crippen LogP contribution in [-0.4, -0.2) is 19.2 Å². The van der Waals surface area contributed by atoms with Crippen LogP contribution in [0.15, 0.2) is 23.6 Å². The van der Waals surface area contributed by atoms with E-state index in [1.807, 2.05) is 23.6 Å². The topological polar surface area (TPSA) is 57.4 Å². The molecular weight excluding hydrogens is 248 g/mol. The number of nitrogen functional groups attached to an aromatic ring is 1. The van der Waals surface area contributed by atoms with Gasteiger partial charge in [-0.2, -0.15) is 0 Å². The zero-order chi connectivity index (χ0) is 13.0. The summed E-state index contributed by atoms with van der Waals surface area (Å²) in [5.74, 6) is 1.51. The lowest BCUT2D eigenvalue weighted by Crippen LogP contribution is -1.95. The van der Waals surface area contributed by atoms with Gasteiger partial charge >= 0.3 is 0 Å². The number of benzene rings is 1. The molecule has 0 atom stereocenters. The summed E-state index contributed by atoms with van der Waals surface area (Å²) in [6, 6.07) is 5.95. The standard InChI is InChI=1S/C13H16N2O2S/c1-16-11-6-4-9(7-12(11)17-2)3-5-10-8-18-13(14)15-10/h4,6-8H,3,5H2,1-2H3,(H2,14,15). The Bertz CT molecular complexity index is 525. The molecule has 0 saturated heterocycles. The molecule has 0 aliphatic rings. The molecule has 0 fully saturated rings. The number of thiazole rings is 1. The molecule has 0 radical (unpaired) electrons. The summed E-state index contributed by atoms with van der Waals surface area (Å²) >= 11 is 1.48. The molecule has 0 bridgehead atoms. The highest BCUT2D eigenvalue weighted by molar-refractivity contribution is 7.13. The first-order valence-corrected chi connectivity index (χ1v) is 6.51. The Balaban J connectivity index is 2.05. The van der Waals surface area contributed by atoms with Gasteiger partial charge in [0, 0.05) is 5.38 Å². The number of hydrogen-bond donors (Lipinski definition) is 1. The molecule has 0 aliphatic heterocycles. The van der Waals surface area contributed by atoms with E-state index < -0.39 is 0 Å². The van der Waals surface area contributed by atoms with Crippen LogP contribution in [-0.2, 0) is 12.8 Å². The highest BCUT2D eigenvalue weighted by Gasteiger charge is 2.05. The fourth-order valence-corrected chi connectivity index (χ4v) is 2.34. The predicted octanol–water partition coefficient (Wildman–Crippen LogP) is 2.53. The summed E-state index contributed by atoms with van der Waals surface area (Å²) in [6.07, 6.45) is 1.78. The van der Waals surface area contributed by atoms with Crippen molar-refractivity contribution in [3.63, 3.8) is 0 Å². The van der Waals surface area contributed by atoms with Gasteiger partial charge in [-0.25, -0.2) is 4.98 Å². The molecule has 0 amide bonds. The predicted molar refractivity (Wildman–Crippen MR) is 73.5 cm³/mol. The van der Waals surface area contributed by atoms with Gasteiger partial charge in [0.25, 0.3) is 0 Å². The molecule has 0 unspecified atom stereocenters. The second kappa shape index (κ2) is 5.73. The van der Waals surface area contributed by atoms with Crippen molar-refractivity contribution in [2.24, 2.45) is 0 Å². The summed E-state index contributed by atoms with van der Waals surface area (Å²) in [4.78, 5) is 4.24. The number of ether oxygens (including phenoxy) is 2. The van der Waals surface area contributed by atoms with Crippen LogP contribution in [0, 0.1) is 0 Å². The van der Waals surface area contributed by atoms with Crippen LogP contribution >= 0.6 is 11.3 Å². The Morgan fingerprint density at radius 3 is 2.56 bits per heavy atom. The van der Waals surface area contributed by atoms with Gasteiger partial charge in [0.1, 0.15) is 0 Å². The minimum absolute atomic E-state index is 0.623. The van der Waals surface area contributed by atoms with Gasteiger partial charge in [0.2, 0.25) is 0 Å². The number of anilines is 1. The first kappa shape index (κ1) is 12.7. The fraction of sp³-hybridized carbons (Fsp3) is 0.308. The minimum Gasteiger partial charge on any atom is -0.493 e. The molecule has 0 spiro atoms. The number of nitrogens with two attached hydrogens (primary N) is 1. The molecular formula is C13H16N2O2S. The van der Waals surface area contributed by atoms with E-state index in [1.165, 1.54) is 16.9 Å². The lowest BCUT2D eigenvalue weighted by molar-refractivity contribution is 0.354. The monoisotopic (exact) mass is 264 g/mol. The zero-order valence-corrected chi connectivity index (χ0v) is 11.3. The maximum atomic E-state index is 5.60. The van der Waals surface area contributed by atoms with Crippen molar-refractivity contribution in [3.05, 3.63) is 34.8 Å². The van der Waals surface area contributed by atoms with Crippen molar-refractivity contribution in [3.8, 4) is 11.5 Å². The Morgan fingerprint density at radius 1 is 1.17 bits per heavy atom. The van der Waals surface area contributed by atoms with Gasteiger partial charge in [0.05, 0.1) is 19.9 Å². The third-order valence-corrected chi connectivity index (χ3v) is 3.41. The van der Waals surface area contributed by atoms with E-state index in [2.05, 4.69) is 4.98 Å². The van der Waals surface area contributed by atoms with Gasteiger partial charge in [-0.05, 0) is 30.5 Å². The molecule has 2 aromatic rings. The van der Waals surface area contributed by atoms with E-state index in [0.29, 0.717) is 5.13 Å². The second-order valence-corrected chi connectivity index (χ2v) is 4.76. The summed E-state index contributed by atoms with van der Waals surface area (Å²) in [6.45, 7) is 0. The SMILES string of the molecule is COc1ccc(CCc2csc(N)n2)cc1OC. The summed E-state index contributed by atoms with van der Waals surface area (Å²) < 4.78 is 10.5. The van der Waals surface area contributed by atoms with Gasteiger partial charge in [0.15, 0.2) is 16.6 Å². The highest BCUT2D eigenvalue weighted by Crippen LogP contribution is 2.28. The molecule has 1 heterocycles. The third-order valence-electron chi connectivity index (χ3n) is 2.69. The normalized spacial score (nSPS) is 10.3. The van der Waals surface area contributed by atoms with Crippen molar-refractivity contribution in [2.75, 3.05) is 20.0 Å². The first-order valence-electron chi connectivity index (χ1n) is 5.63. The van der Waals surface area contributed by atoms with E-state index >= 15 is 0 Å². The number of rotatable bonds is 5. The van der Waals surface area contributed by atoms with E-state index in [4.69, 9.17) is 15.2 Å². The van der Waals surface area contributed by atoms with Gasteiger partial charge in [-0.15, -0.1) is 11.3 Å². The van der Waals surface area contributed by atoms with Gasteiger partial charge < -0.3 is 15.2 Å². The second-order valence-electron chi connectivity index (χ2n) is 3.87. The van der Waals surface area contributed by atoms with Crippen molar-refractivity contribution in [1.29, 1.82) is 0 Å². The van der Waals surface area contributed by atoms with E-state index in [0.717, 1.165) is 30.0 Å². The Labute approximate surface area is 110 Å². The third kappa shape index (κ3) is 2.92. The largest absolute Gasteiger partial charge is 0.493 e. The number of methoxy groups -OCH3 is 2. The number of aryl methyl sites for hydroxylation is 2. The fourth-order valence-electron chi connectivity index (χ4n) is 1.75. The molecule has 2 rings (SSSR count). The molecule has 5 heteroatoms. The van der Waals surface area contributed by atoms with Crippen molar-refractivity contribution in [2.45, 2.75) is 12.8 Å². The van der Waals surface area contributed by atoms with E-state index in [9.17, 15) is 0 Å². The Hall–Kier alpha value is -1.75. The highest BCUT2D eigenvalue weighted by atomic mass is 32.1. The van der Waals surface area contributed by atoms with Crippen LogP contribution < -0.4 is 15.2 Å². The summed E-state index contributed by atoms with van der Waals surface area (Å²) in [5.41, 5.74) is 7.83. The maximum absolute atomic E-state index is 5.60. The molecule has 0 aliphatic carbocycles. The zero-order valence-electron chi connectivity index (χ0n) is 10.5. The van der Waals surface area contributed by atoms with Crippen LogP contribution in [0.2, 0.25) is 0 Å². The number of hydrogen-bond acceptors (Lipinski definition) is 5. The molecule has 1 aromatic carbocycles.